The number of thiocarbonyl (C=S) groups is 1. The quantitative estimate of drug-likeness (QED) is 0.556. The Morgan fingerprint density at radius 1 is 0.939 bits per heavy atom. The molecule has 1 fully saturated rings. The molecule has 5 rings (SSSR count). The van der Waals surface area contributed by atoms with Crippen LogP contribution in [-0.2, 0) is 11.3 Å². The van der Waals surface area contributed by atoms with Gasteiger partial charge in [0.15, 0.2) is 0 Å². The van der Waals surface area contributed by atoms with Crippen molar-refractivity contribution >= 4 is 39.9 Å². The second-order valence-corrected chi connectivity index (χ2v) is 10.4. The van der Waals surface area contributed by atoms with Gasteiger partial charge in [-0.2, -0.15) is 0 Å². The first-order valence-electron chi connectivity index (χ1n) is 11.1. The summed E-state index contributed by atoms with van der Waals surface area (Å²) in [7, 11) is 0. The average Bonchev–Trinajstić information content (AvgIpc) is 2.84. The van der Waals surface area contributed by atoms with Crippen molar-refractivity contribution in [1.29, 1.82) is 0 Å². The Hall–Kier alpha value is -2.90. The molecule has 2 aliphatic rings. The summed E-state index contributed by atoms with van der Waals surface area (Å²) in [6, 6.07) is 24.8. The number of nitrogens with zero attached hydrogens (tertiary/aromatic N) is 2. The molecular formula is C26H25N3O2S2. The number of hydrogen-bond donors (Lipinski definition) is 1. The maximum atomic E-state index is 13.3. The topological polar surface area (TPSA) is 54.3 Å². The van der Waals surface area contributed by atoms with Gasteiger partial charge < -0.3 is 14.8 Å². The third-order valence-corrected chi connectivity index (χ3v) is 8.07. The molecule has 3 atom stereocenters. The van der Waals surface area contributed by atoms with Gasteiger partial charge in [-0.3, -0.25) is 9.59 Å². The minimum atomic E-state index is -0.449. The van der Waals surface area contributed by atoms with Crippen LogP contribution in [0.4, 0.5) is 5.69 Å². The Morgan fingerprint density at radius 3 is 2.42 bits per heavy atom. The minimum absolute atomic E-state index is 0.0781. The van der Waals surface area contributed by atoms with E-state index in [9.17, 15) is 9.59 Å². The van der Waals surface area contributed by atoms with E-state index in [0.29, 0.717) is 5.92 Å². The van der Waals surface area contributed by atoms with Crippen LogP contribution in [-0.4, -0.2) is 32.8 Å². The van der Waals surface area contributed by atoms with Crippen LogP contribution in [0.15, 0.2) is 83.7 Å². The van der Waals surface area contributed by atoms with Gasteiger partial charge in [0.25, 0.3) is 5.56 Å². The van der Waals surface area contributed by atoms with E-state index in [2.05, 4.69) is 16.3 Å². The molecule has 0 unspecified atom stereocenters. The summed E-state index contributed by atoms with van der Waals surface area (Å²) in [4.78, 5) is 27.8. The first-order valence-corrected chi connectivity index (χ1v) is 12.4. The molecule has 0 radical (unpaired) electrons. The number of para-hydroxylation sites is 1. The smallest absolute Gasteiger partial charge is 0.250 e. The number of hydrogen-bond acceptors (Lipinski definition) is 4. The minimum Gasteiger partial charge on any atom is -0.356 e. The Bertz CT molecular complexity index is 1210. The van der Waals surface area contributed by atoms with E-state index in [1.54, 1.807) is 6.07 Å². The molecule has 1 aromatic heterocycles. The number of rotatable bonds is 4. The molecule has 0 aliphatic carbocycles. The van der Waals surface area contributed by atoms with Crippen LogP contribution in [0, 0.1) is 5.92 Å². The Morgan fingerprint density at radius 2 is 1.67 bits per heavy atom. The summed E-state index contributed by atoms with van der Waals surface area (Å²) < 4.78 is 2.65. The van der Waals surface area contributed by atoms with Crippen LogP contribution in [0.1, 0.15) is 28.8 Å². The number of thioether (sulfide) groups is 1. The fourth-order valence-corrected chi connectivity index (χ4v) is 6.25. The molecule has 1 saturated heterocycles. The Balaban J connectivity index is 1.35. The molecule has 7 heteroatoms. The molecule has 2 aromatic carbocycles. The number of nitrogens with one attached hydrogen (secondary N) is 1. The normalized spacial score (nSPS) is 19.9. The van der Waals surface area contributed by atoms with E-state index in [1.165, 1.54) is 11.8 Å². The summed E-state index contributed by atoms with van der Waals surface area (Å²) >= 11 is 7.31. The highest BCUT2D eigenvalue weighted by Gasteiger charge is 2.36. The maximum absolute atomic E-state index is 13.3. The molecule has 5 nitrogen and oxygen atoms in total. The van der Waals surface area contributed by atoms with Crippen molar-refractivity contribution in [3.05, 3.63) is 100 Å². The highest BCUT2D eigenvalue weighted by molar-refractivity contribution is 8.23. The van der Waals surface area contributed by atoms with E-state index in [1.807, 2.05) is 71.3 Å². The Labute approximate surface area is 202 Å². The van der Waals surface area contributed by atoms with Crippen molar-refractivity contribution in [2.45, 2.75) is 24.1 Å². The van der Waals surface area contributed by atoms with Crippen molar-refractivity contribution in [2.75, 3.05) is 18.4 Å². The molecular weight excluding hydrogens is 450 g/mol. The highest BCUT2D eigenvalue weighted by Crippen LogP contribution is 2.38. The van der Waals surface area contributed by atoms with Crippen LogP contribution >= 0.6 is 24.0 Å². The predicted octanol–water partition coefficient (Wildman–Crippen LogP) is 4.67. The molecule has 2 bridgehead atoms. The number of carbonyl (C=O) groups is 1. The molecule has 0 saturated carbocycles. The first kappa shape index (κ1) is 21.9. The van der Waals surface area contributed by atoms with Gasteiger partial charge in [0.1, 0.15) is 9.57 Å². The lowest BCUT2D eigenvalue weighted by atomic mass is 9.83. The van der Waals surface area contributed by atoms with E-state index >= 15 is 0 Å². The van der Waals surface area contributed by atoms with Gasteiger partial charge in [-0.15, -0.1) is 0 Å². The number of fused-ring (bicyclic) bond motifs is 4. The molecule has 0 spiro atoms. The zero-order valence-corrected chi connectivity index (χ0v) is 19.7. The number of carbonyl (C=O) groups excluding carboxylic acids is 1. The van der Waals surface area contributed by atoms with Crippen molar-refractivity contribution in [1.82, 2.24) is 9.47 Å². The summed E-state index contributed by atoms with van der Waals surface area (Å²) in [5.74, 6) is 0.565. The highest BCUT2D eigenvalue weighted by atomic mass is 32.2. The average molecular weight is 476 g/mol. The molecule has 2 aliphatic heterocycles. The monoisotopic (exact) mass is 475 g/mol. The van der Waals surface area contributed by atoms with E-state index in [0.717, 1.165) is 47.3 Å². The van der Waals surface area contributed by atoms with E-state index < -0.39 is 5.25 Å². The van der Waals surface area contributed by atoms with Gasteiger partial charge >= 0.3 is 0 Å². The molecule has 3 heterocycles. The number of pyridine rings is 1. The third kappa shape index (κ3) is 4.75. The van der Waals surface area contributed by atoms with Crippen molar-refractivity contribution in [3.63, 3.8) is 0 Å². The predicted molar refractivity (Wildman–Crippen MR) is 138 cm³/mol. The fraction of sp³-hybridized carbons (Fsp3) is 0.269. The van der Waals surface area contributed by atoms with Crippen molar-refractivity contribution in [3.8, 4) is 0 Å². The zero-order chi connectivity index (χ0) is 22.8. The van der Waals surface area contributed by atoms with Gasteiger partial charge in [0.05, 0.1) is 0 Å². The molecule has 3 aromatic rings. The standard InChI is InChI=1S/C26H25N3O2S2/c30-23-13-7-12-22-20-14-18(16-29(22)23)15-28(17-20)26(32)33-24(19-8-3-1-4-9-19)25(31)27-21-10-5-2-6-11-21/h1-13,18,20,24H,14-17H2,(H,27,31)/t18-,20+,24+/m1/s1. The summed E-state index contributed by atoms with van der Waals surface area (Å²) in [5, 5.41) is 2.58. The number of aromatic nitrogens is 1. The number of anilines is 1. The molecule has 1 amide bonds. The lowest BCUT2D eigenvalue weighted by Gasteiger charge is -2.43. The number of benzene rings is 2. The van der Waals surface area contributed by atoms with Gasteiger partial charge in [0, 0.05) is 43.0 Å². The van der Waals surface area contributed by atoms with Crippen LogP contribution in [0.2, 0.25) is 0 Å². The largest absolute Gasteiger partial charge is 0.356 e. The Kier molecular flexibility index (Phi) is 6.33. The van der Waals surface area contributed by atoms with E-state index in [4.69, 9.17) is 12.2 Å². The van der Waals surface area contributed by atoms with Crippen molar-refractivity contribution in [2.24, 2.45) is 5.92 Å². The van der Waals surface area contributed by atoms with E-state index in [-0.39, 0.29) is 17.4 Å². The lowest BCUT2D eigenvalue weighted by molar-refractivity contribution is -0.115. The number of piperidine rings is 1. The molecule has 33 heavy (non-hydrogen) atoms. The van der Waals surface area contributed by atoms with Crippen LogP contribution in [0.3, 0.4) is 0 Å². The van der Waals surface area contributed by atoms with Crippen molar-refractivity contribution < 1.29 is 4.79 Å². The lowest BCUT2D eigenvalue weighted by Crippen LogP contribution is -2.48. The van der Waals surface area contributed by atoms with Crippen LogP contribution in [0.25, 0.3) is 0 Å². The van der Waals surface area contributed by atoms with Gasteiger partial charge in [-0.05, 0) is 36.1 Å². The van der Waals surface area contributed by atoms with Crippen LogP contribution < -0.4 is 10.9 Å². The summed E-state index contributed by atoms with van der Waals surface area (Å²) in [6.45, 7) is 2.31. The molecule has 1 N–H and O–H groups in total. The maximum Gasteiger partial charge on any atom is 0.250 e. The second kappa shape index (κ2) is 9.53. The molecule has 168 valence electrons. The first-order chi connectivity index (χ1) is 16.1. The SMILES string of the molecule is O=C(Nc1ccccc1)[C@@H](SC(=S)N1C[C@H]2C[C@@H](C1)c1cccc(=O)n1C2)c1ccccc1. The third-order valence-electron chi connectivity index (χ3n) is 6.34. The summed E-state index contributed by atoms with van der Waals surface area (Å²) in [5.41, 5.74) is 2.86. The second-order valence-electron chi connectivity index (χ2n) is 8.63. The number of likely N-dealkylation sites (tertiary alicyclic amines) is 1. The van der Waals surface area contributed by atoms with Gasteiger partial charge in [-0.1, -0.05) is 78.6 Å². The number of amides is 1. The van der Waals surface area contributed by atoms with Gasteiger partial charge in [0.2, 0.25) is 5.91 Å². The fourth-order valence-electron chi connectivity index (χ4n) is 4.85. The van der Waals surface area contributed by atoms with Gasteiger partial charge in [-0.25, -0.2) is 0 Å². The van der Waals surface area contributed by atoms with Crippen LogP contribution in [0.5, 0.6) is 0 Å². The zero-order valence-electron chi connectivity index (χ0n) is 18.1. The summed E-state index contributed by atoms with van der Waals surface area (Å²) in [6.07, 6.45) is 1.07.